The van der Waals surface area contributed by atoms with E-state index in [2.05, 4.69) is 47.4 Å². The molecule has 3 N–H and O–H groups in total. The maximum atomic E-state index is 13.7. The Kier molecular flexibility index (Phi) is 9.30. The van der Waals surface area contributed by atoms with Gasteiger partial charge >= 0.3 is 0 Å². The Morgan fingerprint density at radius 2 is 1.90 bits per heavy atom. The van der Waals surface area contributed by atoms with E-state index in [0.29, 0.717) is 28.8 Å². The van der Waals surface area contributed by atoms with Gasteiger partial charge in [-0.25, -0.2) is 0 Å². The van der Waals surface area contributed by atoms with Gasteiger partial charge in [0.2, 0.25) is 0 Å². The molecule has 0 bridgehead atoms. The molecule has 0 spiro atoms. The van der Waals surface area contributed by atoms with Crippen molar-refractivity contribution in [2.45, 2.75) is 97.6 Å². The number of ether oxygens (including phenoxy) is 3. The van der Waals surface area contributed by atoms with E-state index in [0.717, 1.165) is 81.0 Å². The molecule has 1 aromatic carbocycles. The van der Waals surface area contributed by atoms with Gasteiger partial charge in [0.1, 0.15) is 5.75 Å². The number of anilines is 1. The highest BCUT2D eigenvalue weighted by Crippen LogP contribution is 2.43. The number of H-pyrrole nitrogens is 1. The molecular formula is C33H48N4O5. The summed E-state index contributed by atoms with van der Waals surface area (Å²) in [7, 11) is 0. The number of nitrogens with zero attached hydrogens (tertiary/aromatic N) is 1. The Morgan fingerprint density at radius 3 is 2.57 bits per heavy atom. The lowest BCUT2D eigenvalue weighted by atomic mass is 9.71. The first-order valence-corrected chi connectivity index (χ1v) is 15.6. The summed E-state index contributed by atoms with van der Waals surface area (Å²) in [6.45, 7) is 16.4. The molecule has 9 nitrogen and oxygen atoms in total. The molecule has 1 aromatic heterocycles. The summed E-state index contributed by atoms with van der Waals surface area (Å²) in [4.78, 5) is 31.5. The molecule has 3 fully saturated rings. The van der Waals surface area contributed by atoms with E-state index in [1.807, 2.05) is 32.9 Å². The smallest absolute Gasteiger partial charge is 0.253 e. The molecule has 0 radical (unpaired) electrons. The van der Waals surface area contributed by atoms with Crippen molar-refractivity contribution in [2.75, 3.05) is 37.7 Å². The lowest BCUT2D eigenvalue weighted by Gasteiger charge is -2.49. The molecule has 1 aliphatic carbocycles. The minimum absolute atomic E-state index is 0.0750. The zero-order valence-electron chi connectivity index (χ0n) is 26.1. The summed E-state index contributed by atoms with van der Waals surface area (Å²) < 4.78 is 18.6. The third-order valence-corrected chi connectivity index (χ3v) is 9.44. The third kappa shape index (κ3) is 6.53. The van der Waals surface area contributed by atoms with Gasteiger partial charge in [-0.2, -0.15) is 0 Å². The van der Waals surface area contributed by atoms with Crippen LogP contribution >= 0.6 is 0 Å². The molecule has 3 aliphatic rings. The second kappa shape index (κ2) is 12.8. The monoisotopic (exact) mass is 580 g/mol. The van der Waals surface area contributed by atoms with E-state index in [-0.39, 0.29) is 35.8 Å². The van der Waals surface area contributed by atoms with Crippen LogP contribution in [-0.4, -0.2) is 67.6 Å². The fourth-order valence-corrected chi connectivity index (χ4v) is 6.92. The number of aryl methyl sites for hydroxylation is 2. The van der Waals surface area contributed by atoms with Crippen molar-refractivity contribution >= 4 is 11.6 Å². The van der Waals surface area contributed by atoms with E-state index >= 15 is 0 Å². The van der Waals surface area contributed by atoms with Crippen LogP contribution in [0.1, 0.15) is 79.2 Å². The zero-order chi connectivity index (χ0) is 30.0. The van der Waals surface area contributed by atoms with E-state index < -0.39 is 0 Å². The normalized spacial score (nSPS) is 26.4. The number of pyridine rings is 1. The molecule has 42 heavy (non-hydrogen) atoms. The fraction of sp³-hybridized carbons (Fsp3) is 0.636. The first-order chi connectivity index (χ1) is 20.1. The number of benzene rings is 1. The largest absolute Gasteiger partial charge is 0.490 e. The zero-order valence-corrected chi connectivity index (χ0v) is 26.1. The van der Waals surface area contributed by atoms with Crippen molar-refractivity contribution in [1.29, 1.82) is 0 Å². The van der Waals surface area contributed by atoms with Crippen molar-refractivity contribution in [3.8, 4) is 5.75 Å². The van der Waals surface area contributed by atoms with Crippen LogP contribution in [0.25, 0.3) is 0 Å². The first kappa shape index (κ1) is 30.6. The van der Waals surface area contributed by atoms with Crippen LogP contribution in [0.3, 0.4) is 0 Å². The molecular weight excluding hydrogens is 532 g/mol. The molecule has 3 heterocycles. The third-order valence-electron chi connectivity index (χ3n) is 9.44. The number of hydrogen-bond donors (Lipinski definition) is 3. The van der Waals surface area contributed by atoms with Crippen molar-refractivity contribution in [2.24, 2.45) is 5.92 Å². The number of nitrogens with one attached hydrogen (secondary N) is 3. The van der Waals surface area contributed by atoms with Crippen LogP contribution in [0.2, 0.25) is 0 Å². The van der Waals surface area contributed by atoms with Crippen molar-refractivity contribution < 1.29 is 19.0 Å². The van der Waals surface area contributed by atoms with E-state index in [1.165, 1.54) is 0 Å². The first-order valence-electron chi connectivity index (χ1n) is 15.6. The molecule has 1 amide bonds. The van der Waals surface area contributed by atoms with Crippen LogP contribution in [-0.2, 0) is 16.0 Å². The van der Waals surface area contributed by atoms with Crippen molar-refractivity contribution in [1.82, 2.24) is 15.6 Å². The molecule has 2 aromatic rings. The van der Waals surface area contributed by atoms with Gasteiger partial charge in [-0.15, -0.1) is 0 Å². The van der Waals surface area contributed by atoms with Gasteiger partial charge in [0, 0.05) is 74.0 Å². The molecule has 2 aliphatic heterocycles. The lowest BCUT2D eigenvalue weighted by molar-refractivity contribution is -0.163. The highest BCUT2D eigenvalue weighted by molar-refractivity contribution is 5.97. The standard InChI is InChI=1S/C33H48N4O5/c1-7-37(25-8-10-40-11-9-25)30-16-27(41-26-13-24(14-26)33(6)19-34-17-22(4)42-33)15-28(23(30)5)31(38)35-18-29-20(2)12-21(3)36-32(29)39/h12,15-16,22,24-26,34H,7-11,13-14,17-19H2,1-6H3,(H,35,38)(H,36,39). The summed E-state index contributed by atoms with van der Waals surface area (Å²) in [5.41, 5.74) is 4.39. The highest BCUT2D eigenvalue weighted by atomic mass is 16.5. The van der Waals surface area contributed by atoms with Crippen LogP contribution < -0.4 is 25.8 Å². The van der Waals surface area contributed by atoms with Gasteiger partial charge in [-0.1, -0.05) is 0 Å². The van der Waals surface area contributed by atoms with Crippen molar-refractivity contribution in [3.63, 3.8) is 0 Å². The highest BCUT2D eigenvalue weighted by Gasteiger charge is 2.47. The SMILES string of the molecule is CCN(c1cc(OC2CC(C3(C)CNCC(C)O3)C2)cc(C(=O)NCc2c(C)cc(C)[nH]c2=O)c1C)C1CCOCC1. The van der Waals surface area contributed by atoms with Gasteiger partial charge in [0.05, 0.1) is 17.8 Å². The second-order valence-electron chi connectivity index (χ2n) is 12.7. The van der Waals surface area contributed by atoms with E-state index in [9.17, 15) is 9.59 Å². The molecule has 9 heteroatoms. The van der Waals surface area contributed by atoms with Gasteiger partial charge in [0.15, 0.2) is 0 Å². The van der Waals surface area contributed by atoms with Crippen LogP contribution in [0, 0.1) is 26.7 Å². The Bertz CT molecular complexity index is 1330. The van der Waals surface area contributed by atoms with Crippen molar-refractivity contribution in [3.05, 3.63) is 56.5 Å². The van der Waals surface area contributed by atoms with Crippen LogP contribution in [0.4, 0.5) is 5.69 Å². The van der Waals surface area contributed by atoms with Gasteiger partial charge in [-0.05, 0) is 96.4 Å². The number of carbonyl (C=O) groups is 1. The number of morpholine rings is 1. The predicted octanol–water partition coefficient (Wildman–Crippen LogP) is 4.16. The lowest BCUT2D eigenvalue weighted by Crippen LogP contribution is -2.59. The molecule has 2 unspecified atom stereocenters. The Morgan fingerprint density at radius 1 is 1.17 bits per heavy atom. The predicted molar refractivity (Wildman–Crippen MR) is 165 cm³/mol. The Labute approximate surface area is 249 Å². The summed E-state index contributed by atoms with van der Waals surface area (Å²) in [5, 5.41) is 6.52. The van der Waals surface area contributed by atoms with Crippen LogP contribution in [0.5, 0.6) is 5.75 Å². The Balaban J connectivity index is 1.38. The fourth-order valence-electron chi connectivity index (χ4n) is 6.92. The summed E-state index contributed by atoms with van der Waals surface area (Å²) in [5.74, 6) is 0.923. The minimum Gasteiger partial charge on any atom is -0.490 e. The molecule has 2 atom stereocenters. The quantitative estimate of drug-likeness (QED) is 0.409. The topological polar surface area (TPSA) is 105 Å². The van der Waals surface area contributed by atoms with Gasteiger partial charge < -0.3 is 34.7 Å². The number of hydrogen-bond acceptors (Lipinski definition) is 7. The number of amides is 1. The molecule has 5 rings (SSSR count). The summed E-state index contributed by atoms with van der Waals surface area (Å²) in [6, 6.07) is 6.24. The minimum atomic E-state index is -0.212. The molecule has 230 valence electrons. The molecule has 2 saturated heterocycles. The van der Waals surface area contributed by atoms with Crippen LogP contribution in [0.15, 0.2) is 23.0 Å². The maximum Gasteiger partial charge on any atom is 0.253 e. The number of aromatic nitrogens is 1. The van der Waals surface area contributed by atoms with E-state index in [1.54, 1.807) is 0 Å². The average molecular weight is 581 g/mol. The number of carbonyl (C=O) groups excluding carboxylic acids is 1. The second-order valence-corrected chi connectivity index (χ2v) is 12.7. The maximum absolute atomic E-state index is 13.7. The van der Waals surface area contributed by atoms with E-state index in [4.69, 9.17) is 14.2 Å². The van der Waals surface area contributed by atoms with Gasteiger partial charge in [-0.3, -0.25) is 9.59 Å². The number of aromatic amines is 1. The summed E-state index contributed by atoms with van der Waals surface area (Å²) in [6.07, 6.45) is 4.01. The Hall–Kier alpha value is -2.88. The molecule has 1 saturated carbocycles. The summed E-state index contributed by atoms with van der Waals surface area (Å²) >= 11 is 0. The van der Waals surface area contributed by atoms with Gasteiger partial charge in [0.25, 0.3) is 11.5 Å². The average Bonchev–Trinajstić information content (AvgIpc) is 2.92. The number of rotatable bonds is 9.